The number of para-hydroxylation sites is 1. The predicted octanol–water partition coefficient (Wildman–Crippen LogP) is 4.61. The van der Waals surface area contributed by atoms with Crippen molar-refractivity contribution in [2.24, 2.45) is 5.92 Å². The zero-order chi connectivity index (χ0) is 18.8. The molecule has 2 aromatic carbocycles. The lowest BCUT2D eigenvalue weighted by Gasteiger charge is -2.19. The van der Waals surface area contributed by atoms with Crippen LogP contribution in [0.3, 0.4) is 0 Å². The van der Waals surface area contributed by atoms with E-state index >= 15 is 0 Å². The second-order valence-electron chi connectivity index (χ2n) is 7.18. The summed E-state index contributed by atoms with van der Waals surface area (Å²) in [5.74, 6) is 1.70. The van der Waals surface area contributed by atoms with Gasteiger partial charge in [-0.05, 0) is 44.2 Å². The summed E-state index contributed by atoms with van der Waals surface area (Å²) < 4.78 is 0. The summed E-state index contributed by atoms with van der Waals surface area (Å²) in [6.45, 7) is 3.97. The average molecular weight is 378 g/mol. The van der Waals surface area contributed by atoms with Gasteiger partial charge in [-0.25, -0.2) is 9.97 Å². The van der Waals surface area contributed by atoms with Gasteiger partial charge in [0.05, 0.1) is 17.3 Å². The zero-order valence-electron chi connectivity index (χ0n) is 15.6. The van der Waals surface area contributed by atoms with Crippen molar-refractivity contribution >= 4 is 28.6 Å². The number of carbonyl (C=O) groups is 1. The fourth-order valence-electron chi connectivity index (χ4n) is 3.29. The number of aromatic nitrogens is 2. The maximum atomic E-state index is 12.6. The number of benzene rings is 2. The predicted molar refractivity (Wildman–Crippen MR) is 110 cm³/mol. The topological polar surface area (TPSA) is 54.9 Å². The first-order valence-electron chi connectivity index (χ1n) is 9.32. The van der Waals surface area contributed by atoms with E-state index in [0.29, 0.717) is 11.7 Å². The van der Waals surface area contributed by atoms with Crippen LogP contribution < -0.4 is 5.32 Å². The molecule has 1 aliphatic rings. The van der Waals surface area contributed by atoms with Crippen LogP contribution in [0.5, 0.6) is 0 Å². The van der Waals surface area contributed by atoms with Gasteiger partial charge < -0.3 is 5.32 Å². The van der Waals surface area contributed by atoms with E-state index in [2.05, 4.69) is 46.5 Å². The highest BCUT2D eigenvalue weighted by atomic mass is 32.2. The van der Waals surface area contributed by atoms with Crippen LogP contribution in [-0.2, 0) is 4.79 Å². The lowest BCUT2D eigenvalue weighted by Crippen LogP contribution is -2.31. The van der Waals surface area contributed by atoms with E-state index in [0.717, 1.165) is 21.8 Å². The largest absolute Gasteiger partial charge is 0.348 e. The summed E-state index contributed by atoms with van der Waals surface area (Å²) in [6, 6.07) is 16.5. The van der Waals surface area contributed by atoms with E-state index in [9.17, 15) is 4.79 Å². The monoisotopic (exact) mass is 377 g/mol. The van der Waals surface area contributed by atoms with E-state index in [-0.39, 0.29) is 11.9 Å². The standard InChI is InChI=1S/C22H23N3OS/c1-14-7-9-16(10-8-14)21(17-11-12-17)25-20(26)13-27-22-18-5-3-4-6-19(18)23-15(2)24-22/h3-10,17,21H,11-13H2,1-2H3,(H,25,26). The molecule has 0 saturated heterocycles. The molecular weight excluding hydrogens is 354 g/mol. The maximum Gasteiger partial charge on any atom is 0.230 e. The second-order valence-corrected chi connectivity index (χ2v) is 8.14. The number of carbonyl (C=O) groups excluding carboxylic acids is 1. The molecule has 0 bridgehead atoms. The van der Waals surface area contributed by atoms with Gasteiger partial charge >= 0.3 is 0 Å². The Bertz CT molecular complexity index is 967. The quantitative estimate of drug-likeness (QED) is 0.504. The van der Waals surface area contributed by atoms with Gasteiger partial charge in [0.2, 0.25) is 5.91 Å². The third-order valence-electron chi connectivity index (χ3n) is 4.87. The van der Waals surface area contributed by atoms with Crippen LogP contribution >= 0.6 is 11.8 Å². The number of fused-ring (bicyclic) bond motifs is 1. The molecule has 1 fully saturated rings. The van der Waals surface area contributed by atoms with Crippen LogP contribution in [0.1, 0.15) is 35.8 Å². The normalized spacial score (nSPS) is 14.9. The van der Waals surface area contributed by atoms with Crippen LogP contribution in [-0.4, -0.2) is 21.6 Å². The molecule has 4 nitrogen and oxygen atoms in total. The van der Waals surface area contributed by atoms with Crippen LogP contribution in [0.4, 0.5) is 0 Å². The minimum absolute atomic E-state index is 0.0535. The number of nitrogens with one attached hydrogen (secondary N) is 1. The Labute approximate surface area is 163 Å². The summed E-state index contributed by atoms with van der Waals surface area (Å²) in [7, 11) is 0. The lowest BCUT2D eigenvalue weighted by molar-refractivity contribution is -0.119. The van der Waals surface area contributed by atoms with Crippen molar-refractivity contribution in [2.45, 2.75) is 37.8 Å². The van der Waals surface area contributed by atoms with Gasteiger partial charge in [-0.1, -0.05) is 59.8 Å². The summed E-state index contributed by atoms with van der Waals surface area (Å²) in [6.07, 6.45) is 2.36. The van der Waals surface area contributed by atoms with Crippen molar-refractivity contribution < 1.29 is 4.79 Å². The molecule has 4 rings (SSSR count). The molecule has 0 radical (unpaired) electrons. The van der Waals surface area contributed by atoms with E-state index in [1.807, 2.05) is 31.2 Å². The van der Waals surface area contributed by atoms with Gasteiger partial charge in [-0.15, -0.1) is 0 Å². The van der Waals surface area contributed by atoms with Gasteiger partial charge in [0.25, 0.3) is 0 Å². The molecule has 1 heterocycles. The highest BCUT2D eigenvalue weighted by Gasteiger charge is 2.33. The first kappa shape index (κ1) is 18.0. The molecule has 1 aliphatic carbocycles. The minimum Gasteiger partial charge on any atom is -0.348 e. The lowest BCUT2D eigenvalue weighted by atomic mass is 10.0. The number of aryl methyl sites for hydroxylation is 2. The summed E-state index contributed by atoms with van der Waals surface area (Å²) in [5, 5.41) is 5.11. The van der Waals surface area contributed by atoms with Crippen molar-refractivity contribution in [1.29, 1.82) is 0 Å². The maximum absolute atomic E-state index is 12.6. The van der Waals surface area contributed by atoms with E-state index in [4.69, 9.17) is 0 Å². The molecular formula is C22H23N3OS. The van der Waals surface area contributed by atoms with Crippen molar-refractivity contribution in [3.63, 3.8) is 0 Å². The Hall–Kier alpha value is -2.40. The summed E-state index contributed by atoms with van der Waals surface area (Å²) in [5.41, 5.74) is 3.36. The second kappa shape index (κ2) is 7.69. The molecule has 1 unspecified atom stereocenters. The molecule has 1 atom stereocenters. The van der Waals surface area contributed by atoms with E-state index in [1.165, 1.54) is 35.7 Å². The van der Waals surface area contributed by atoms with Crippen LogP contribution in [0.2, 0.25) is 0 Å². The first-order chi connectivity index (χ1) is 13.1. The smallest absolute Gasteiger partial charge is 0.230 e. The van der Waals surface area contributed by atoms with Crippen molar-refractivity contribution in [3.8, 4) is 0 Å². The van der Waals surface area contributed by atoms with Crippen molar-refractivity contribution in [2.75, 3.05) is 5.75 Å². The molecule has 0 aliphatic heterocycles. The third-order valence-corrected chi connectivity index (χ3v) is 5.86. The number of thioether (sulfide) groups is 1. The third kappa shape index (κ3) is 4.30. The van der Waals surface area contributed by atoms with Crippen LogP contribution in [0.15, 0.2) is 53.6 Å². The molecule has 0 spiro atoms. The molecule has 1 saturated carbocycles. The van der Waals surface area contributed by atoms with Gasteiger partial charge in [0, 0.05) is 5.39 Å². The number of rotatable bonds is 6. The van der Waals surface area contributed by atoms with E-state index in [1.54, 1.807) is 0 Å². The molecule has 27 heavy (non-hydrogen) atoms. The van der Waals surface area contributed by atoms with Crippen molar-refractivity contribution in [3.05, 3.63) is 65.5 Å². The zero-order valence-corrected chi connectivity index (χ0v) is 16.4. The fourth-order valence-corrected chi connectivity index (χ4v) is 4.17. The number of hydrogen-bond acceptors (Lipinski definition) is 4. The molecule has 5 heteroatoms. The Balaban J connectivity index is 1.45. The summed E-state index contributed by atoms with van der Waals surface area (Å²) >= 11 is 1.48. The molecule has 1 aromatic heterocycles. The Morgan fingerprint density at radius 3 is 2.59 bits per heavy atom. The Kier molecular flexibility index (Phi) is 5.12. The van der Waals surface area contributed by atoms with Crippen LogP contribution in [0, 0.1) is 19.8 Å². The van der Waals surface area contributed by atoms with Gasteiger partial charge in [0.1, 0.15) is 10.9 Å². The number of hydrogen-bond donors (Lipinski definition) is 1. The van der Waals surface area contributed by atoms with Crippen LogP contribution in [0.25, 0.3) is 10.9 Å². The minimum atomic E-state index is 0.0535. The Morgan fingerprint density at radius 2 is 1.85 bits per heavy atom. The van der Waals surface area contributed by atoms with E-state index < -0.39 is 0 Å². The molecule has 138 valence electrons. The van der Waals surface area contributed by atoms with Gasteiger partial charge in [0.15, 0.2) is 0 Å². The highest BCUT2D eigenvalue weighted by molar-refractivity contribution is 8.00. The molecule has 3 aromatic rings. The average Bonchev–Trinajstić information content (AvgIpc) is 3.50. The first-order valence-corrected chi connectivity index (χ1v) is 10.3. The number of amides is 1. The number of nitrogens with zero attached hydrogens (tertiary/aromatic N) is 2. The Morgan fingerprint density at radius 1 is 1.11 bits per heavy atom. The SMILES string of the molecule is Cc1ccc(C(NC(=O)CSc2nc(C)nc3ccccc23)C2CC2)cc1. The highest BCUT2D eigenvalue weighted by Crippen LogP contribution is 2.41. The van der Waals surface area contributed by atoms with Gasteiger partial charge in [-0.2, -0.15) is 0 Å². The summed E-state index contributed by atoms with van der Waals surface area (Å²) in [4.78, 5) is 21.6. The molecule has 1 amide bonds. The van der Waals surface area contributed by atoms with Crippen molar-refractivity contribution in [1.82, 2.24) is 15.3 Å². The van der Waals surface area contributed by atoms with Gasteiger partial charge in [-0.3, -0.25) is 4.79 Å². The fraction of sp³-hybridized carbons (Fsp3) is 0.318. The molecule has 1 N–H and O–H groups in total.